The first-order valence-corrected chi connectivity index (χ1v) is 6.43. The summed E-state index contributed by atoms with van der Waals surface area (Å²) in [5.41, 5.74) is 0. The van der Waals surface area contributed by atoms with Gasteiger partial charge in [-0.1, -0.05) is 13.8 Å². The lowest BCUT2D eigenvalue weighted by Gasteiger charge is -2.24. The first kappa shape index (κ1) is 20.3. The molecule has 1 heterocycles. The maximum atomic E-state index is 11.8. The van der Waals surface area contributed by atoms with Crippen LogP contribution in [0.15, 0.2) is 0 Å². The van der Waals surface area contributed by atoms with Crippen molar-refractivity contribution in [2.45, 2.75) is 45.7 Å². The monoisotopic (exact) mass is 299 g/mol. The molecule has 2 unspecified atom stereocenters. The van der Waals surface area contributed by atoms with Gasteiger partial charge in [0.05, 0.1) is 6.04 Å². The third-order valence-electron chi connectivity index (χ3n) is 3.19. The van der Waals surface area contributed by atoms with Crippen LogP contribution in [0.25, 0.3) is 0 Å². The minimum absolute atomic E-state index is 0. The standard InChI is InChI=1S/C12H25N3O.2ClH/c1-4-15(5-2)9-10(3)14-12(16)11-7-6-8-13-11;;/h10-11,13H,4-9H2,1-3H3,(H,14,16);2*1H. The smallest absolute Gasteiger partial charge is 0.237 e. The highest BCUT2D eigenvalue weighted by molar-refractivity contribution is 5.85. The molecule has 18 heavy (non-hydrogen) atoms. The van der Waals surface area contributed by atoms with Gasteiger partial charge in [-0.3, -0.25) is 4.79 Å². The molecule has 0 aromatic rings. The van der Waals surface area contributed by atoms with Crippen LogP contribution in [0.5, 0.6) is 0 Å². The van der Waals surface area contributed by atoms with Crippen molar-refractivity contribution in [3.8, 4) is 0 Å². The van der Waals surface area contributed by atoms with Gasteiger partial charge in [0.15, 0.2) is 0 Å². The van der Waals surface area contributed by atoms with Gasteiger partial charge >= 0.3 is 0 Å². The second-order valence-corrected chi connectivity index (χ2v) is 4.54. The van der Waals surface area contributed by atoms with Crippen molar-refractivity contribution in [2.24, 2.45) is 0 Å². The summed E-state index contributed by atoms with van der Waals surface area (Å²) >= 11 is 0. The minimum Gasteiger partial charge on any atom is -0.351 e. The van der Waals surface area contributed by atoms with E-state index in [1.807, 2.05) is 0 Å². The van der Waals surface area contributed by atoms with Crippen LogP contribution in [0.3, 0.4) is 0 Å². The van der Waals surface area contributed by atoms with Crippen LogP contribution in [0, 0.1) is 0 Å². The van der Waals surface area contributed by atoms with Crippen molar-refractivity contribution in [3.63, 3.8) is 0 Å². The molecule has 110 valence electrons. The minimum atomic E-state index is 0. The molecule has 4 nitrogen and oxygen atoms in total. The lowest BCUT2D eigenvalue weighted by atomic mass is 10.2. The van der Waals surface area contributed by atoms with Crippen molar-refractivity contribution in [3.05, 3.63) is 0 Å². The Morgan fingerprint density at radius 2 is 2.00 bits per heavy atom. The Balaban J connectivity index is 0. The van der Waals surface area contributed by atoms with Crippen LogP contribution in [-0.4, -0.2) is 49.1 Å². The number of halogens is 2. The molecule has 1 rings (SSSR count). The highest BCUT2D eigenvalue weighted by atomic mass is 35.5. The molecule has 2 atom stereocenters. The molecule has 0 spiro atoms. The van der Waals surface area contributed by atoms with Gasteiger partial charge in [-0.15, -0.1) is 24.8 Å². The van der Waals surface area contributed by atoms with Gasteiger partial charge in [-0.25, -0.2) is 0 Å². The average molecular weight is 300 g/mol. The largest absolute Gasteiger partial charge is 0.351 e. The lowest BCUT2D eigenvalue weighted by molar-refractivity contribution is -0.123. The van der Waals surface area contributed by atoms with E-state index >= 15 is 0 Å². The summed E-state index contributed by atoms with van der Waals surface area (Å²) in [6.07, 6.45) is 2.09. The molecule has 0 saturated carbocycles. The molecule has 0 aromatic carbocycles. The van der Waals surface area contributed by atoms with E-state index in [1.165, 1.54) is 0 Å². The maximum absolute atomic E-state index is 11.8. The van der Waals surface area contributed by atoms with Gasteiger partial charge in [0.2, 0.25) is 5.91 Å². The van der Waals surface area contributed by atoms with E-state index in [-0.39, 0.29) is 42.8 Å². The summed E-state index contributed by atoms with van der Waals surface area (Å²) in [5, 5.41) is 6.30. The van der Waals surface area contributed by atoms with E-state index in [1.54, 1.807) is 0 Å². The fraction of sp³-hybridized carbons (Fsp3) is 0.917. The average Bonchev–Trinajstić information content (AvgIpc) is 2.79. The Morgan fingerprint density at radius 1 is 1.39 bits per heavy atom. The number of rotatable bonds is 6. The summed E-state index contributed by atoms with van der Waals surface area (Å²) < 4.78 is 0. The maximum Gasteiger partial charge on any atom is 0.237 e. The Hall–Kier alpha value is -0.0300. The molecule has 1 amide bonds. The second kappa shape index (κ2) is 10.9. The van der Waals surface area contributed by atoms with E-state index in [0.717, 1.165) is 39.0 Å². The molecular formula is C12H27Cl2N3O. The molecule has 2 N–H and O–H groups in total. The number of amides is 1. The number of carbonyl (C=O) groups excluding carboxylic acids is 1. The number of nitrogens with one attached hydrogen (secondary N) is 2. The quantitative estimate of drug-likeness (QED) is 0.780. The van der Waals surface area contributed by atoms with Gasteiger partial charge < -0.3 is 15.5 Å². The Bertz CT molecular complexity index is 219. The number of hydrogen-bond acceptors (Lipinski definition) is 3. The molecule has 0 aromatic heterocycles. The highest BCUT2D eigenvalue weighted by Gasteiger charge is 2.23. The first-order valence-electron chi connectivity index (χ1n) is 6.43. The van der Waals surface area contributed by atoms with Gasteiger partial charge in [-0.05, 0) is 39.4 Å². The van der Waals surface area contributed by atoms with Crippen LogP contribution in [-0.2, 0) is 4.79 Å². The second-order valence-electron chi connectivity index (χ2n) is 4.54. The molecule has 0 radical (unpaired) electrons. The predicted octanol–water partition coefficient (Wildman–Crippen LogP) is 1.43. The fourth-order valence-electron chi connectivity index (χ4n) is 2.17. The number of hydrogen-bond donors (Lipinski definition) is 2. The van der Waals surface area contributed by atoms with Gasteiger partial charge in [0.25, 0.3) is 0 Å². The third-order valence-corrected chi connectivity index (χ3v) is 3.19. The summed E-state index contributed by atoms with van der Waals surface area (Å²) in [7, 11) is 0. The molecule has 1 saturated heterocycles. The van der Waals surface area contributed by atoms with E-state index in [9.17, 15) is 4.79 Å². The van der Waals surface area contributed by atoms with Crippen molar-refractivity contribution < 1.29 is 4.79 Å². The zero-order chi connectivity index (χ0) is 12.0. The topological polar surface area (TPSA) is 44.4 Å². The lowest BCUT2D eigenvalue weighted by Crippen LogP contribution is -2.48. The molecule has 1 fully saturated rings. The normalized spacial score (nSPS) is 19.9. The molecule has 1 aliphatic heterocycles. The Kier molecular flexibility index (Phi) is 12.2. The molecule has 0 aliphatic carbocycles. The van der Waals surface area contributed by atoms with Crippen LogP contribution < -0.4 is 10.6 Å². The predicted molar refractivity (Wildman–Crippen MR) is 80.9 cm³/mol. The number of nitrogens with zero attached hydrogens (tertiary/aromatic N) is 1. The number of carbonyl (C=O) groups is 1. The van der Waals surface area contributed by atoms with Crippen molar-refractivity contribution >= 4 is 30.7 Å². The molecular weight excluding hydrogens is 273 g/mol. The third kappa shape index (κ3) is 6.78. The summed E-state index contributed by atoms with van der Waals surface area (Å²) in [6.45, 7) is 10.4. The van der Waals surface area contributed by atoms with E-state index in [2.05, 4.69) is 36.3 Å². The zero-order valence-electron chi connectivity index (χ0n) is 11.6. The summed E-state index contributed by atoms with van der Waals surface area (Å²) in [5.74, 6) is 0.164. The van der Waals surface area contributed by atoms with Crippen molar-refractivity contribution in [1.29, 1.82) is 0 Å². The Labute approximate surface area is 123 Å². The summed E-state index contributed by atoms with van der Waals surface area (Å²) in [6, 6.07) is 0.272. The van der Waals surface area contributed by atoms with Crippen LogP contribution in [0.2, 0.25) is 0 Å². The van der Waals surface area contributed by atoms with Crippen LogP contribution in [0.1, 0.15) is 33.6 Å². The number of likely N-dealkylation sites (N-methyl/N-ethyl adjacent to an activating group) is 1. The van der Waals surface area contributed by atoms with E-state index < -0.39 is 0 Å². The zero-order valence-corrected chi connectivity index (χ0v) is 13.2. The van der Waals surface area contributed by atoms with E-state index in [0.29, 0.717) is 0 Å². The summed E-state index contributed by atoms with van der Waals surface area (Å²) in [4.78, 5) is 14.1. The van der Waals surface area contributed by atoms with Gasteiger partial charge in [-0.2, -0.15) is 0 Å². The molecule has 0 bridgehead atoms. The van der Waals surface area contributed by atoms with Crippen LogP contribution >= 0.6 is 24.8 Å². The van der Waals surface area contributed by atoms with Crippen molar-refractivity contribution in [2.75, 3.05) is 26.2 Å². The highest BCUT2D eigenvalue weighted by Crippen LogP contribution is 2.05. The SMILES string of the molecule is CCN(CC)CC(C)NC(=O)C1CCCN1.Cl.Cl. The molecule has 6 heteroatoms. The Morgan fingerprint density at radius 3 is 2.44 bits per heavy atom. The molecule has 1 aliphatic rings. The fourth-order valence-corrected chi connectivity index (χ4v) is 2.17. The van der Waals surface area contributed by atoms with Gasteiger partial charge in [0, 0.05) is 12.6 Å². The van der Waals surface area contributed by atoms with Crippen LogP contribution in [0.4, 0.5) is 0 Å². The van der Waals surface area contributed by atoms with Gasteiger partial charge in [0.1, 0.15) is 0 Å². The first-order chi connectivity index (χ1) is 7.67. The van der Waals surface area contributed by atoms with E-state index in [4.69, 9.17) is 0 Å². The van der Waals surface area contributed by atoms with Crippen molar-refractivity contribution in [1.82, 2.24) is 15.5 Å².